The number of aromatic carboxylic acids is 1. The van der Waals surface area contributed by atoms with Crippen LogP contribution in [0, 0.1) is 17.5 Å². The summed E-state index contributed by atoms with van der Waals surface area (Å²) < 4.78 is 48.0. The van der Waals surface area contributed by atoms with Crippen molar-refractivity contribution < 1.29 is 32.3 Å². The number of halogens is 3. The molecule has 2 N–H and O–H groups in total. The van der Waals surface area contributed by atoms with E-state index in [1.54, 1.807) is 36.4 Å². The van der Waals surface area contributed by atoms with E-state index >= 15 is 0 Å². The summed E-state index contributed by atoms with van der Waals surface area (Å²) >= 11 is 0. The molecule has 1 aromatic heterocycles. The van der Waals surface area contributed by atoms with Crippen molar-refractivity contribution in [3.8, 4) is 22.3 Å². The summed E-state index contributed by atoms with van der Waals surface area (Å²) in [5.74, 6) is -4.84. The molecule has 0 unspecified atom stereocenters. The second-order valence-electron chi connectivity index (χ2n) is 10.3. The predicted molar refractivity (Wildman–Crippen MR) is 161 cm³/mol. The van der Waals surface area contributed by atoms with E-state index in [2.05, 4.69) is 5.32 Å². The quantitative estimate of drug-likeness (QED) is 0.193. The molecule has 6 aromatic rings. The first-order valence-electron chi connectivity index (χ1n) is 13.7. The number of oxazole rings is 1. The first-order valence-corrected chi connectivity index (χ1v) is 13.7. The van der Waals surface area contributed by atoms with E-state index in [1.807, 2.05) is 12.1 Å². The maximum absolute atomic E-state index is 14.1. The molecule has 6 rings (SSSR count). The summed E-state index contributed by atoms with van der Waals surface area (Å²) in [6.07, 6.45) is 0. The maximum Gasteiger partial charge on any atom is 0.420 e. The van der Waals surface area contributed by atoms with Gasteiger partial charge in [-0.25, -0.2) is 22.8 Å². The van der Waals surface area contributed by atoms with Crippen molar-refractivity contribution in [2.24, 2.45) is 0 Å². The largest absolute Gasteiger partial charge is 0.478 e. The van der Waals surface area contributed by atoms with Crippen LogP contribution in [0.4, 0.5) is 13.2 Å². The number of fused-ring (bicyclic) bond motifs is 1. The number of carboxylic acid groups (broad SMARTS) is 1. The molecule has 0 saturated heterocycles. The molecule has 10 heteroatoms. The van der Waals surface area contributed by atoms with Gasteiger partial charge in [0.25, 0.3) is 5.91 Å². The number of nitrogens with one attached hydrogen (secondary N) is 1. The van der Waals surface area contributed by atoms with Gasteiger partial charge in [-0.05, 0) is 81.9 Å². The lowest BCUT2D eigenvalue weighted by molar-refractivity contribution is 0.0696. The Morgan fingerprint density at radius 1 is 0.711 bits per heavy atom. The Hall–Kier alpha value is -5.90. The molecule has 1 heterocycles. The minimum absolute atomic E-state index is 0.0442. The summed E-state index contributed by atoms with van der Waals surface area (Å²) in [4.78, 5) is 37.9. The third-order valence-electron chi connectivity index (χ3n) is 7.39. The van der Waals surface area contributed by atoms with Gasteiger partial charge in [0.1, 0.15) is 11.3 Å². The van der Waals surface area contributed by atoms with E-state index in [0.717, 1.165) is 28.8 Å². The third-order valence-corrected chi connectivity index (χ3v) is 7.39. The number of carbonyl (C=O) groups is 2. The van der Waals surface area contributed by atoms with Crippen molar-refractivity contribution in [1.29, 1.82) is 0 Å². The van der Waals surface area contributed by atoms with Gasteiger partial charge in [0.05, 0.1) is 17.7 Å². The third kappa shape index (κ3) is 6.12. The monoisotopic (exact) mass is 608 g/mol. The van der Waals surface area contributed by atoms with Gasteiger partial charge in [-0.2, -0.15) is 0 Å². The van der Waals surface area contributed by atoms with Gasteiger partial charge in [-0.3, -0.25) is 9.36 Å². The Labute approximate surface area is 253 Å². The molecule has 0 aliphatic heterocycles. The smallest absolute Gasteiger partial charge is 0.420 e. The number of aromatic nitrogens is 1. The number of carboxylic acids is 1. The zero-order valence-electron chi connectivity index (χ0n) is 23.4. The molecule has 0 aliphatic carbocycles. The molecular weight excluding hydrogens is 585 g/mol. The zero-order valence-corrected chi connectivity index (χ0v) is 23.4. The Balaban J connectivity index is 1.37. The van der Waals surface area contributed by atoms with E-state index in [1.165, 1.54) is 47.0 Å². The Bertz CT molecular complexity index is 2120. The number of nitrogens with zero attached hydrogens (tertiary/aromatic N) is 1. The molecule has 0 fully saturated rings. The van der Waals surface area contributed by atoms with Crippen LogP contribution in [0.25, 0.3) is 33.4 Å². The molecule has 0 saturated carbocycles. The fourth-order valence-corrected chi connectivity index (χ4v) is 5.03. The highest BCUT2D eigenvalue weighted by Crippen LogP contribution is 2.30. The van der Waals surface area contributed by atoms with Crippen LogP contribution in [0.1, 0.15) is 31.8 Å². The van der Waals surface area contributed by atoms with Gasteiger partial charge >= 0.3 is 11.7 Å². The molecule has 1 amide bonds. The van der Waals surface area contributed by atoms with Gasteiger partial charge in [0.15, 0.2) is 17.2 Å². The number of amides is 1. The summed E-state index contributed by atoms with van der Waals surface area (Å²) in [5.41, 5.74) is 4.03. The number of benzene rings is 5. The van der Waals surface area contributed by atoms with E-state index in [-0.39, 0.29) is 46.7 Å². The fraction of sp³-hybridized carbons (Fsp3) is 0.0571. The maximum atomic E-state index is 14.1. The van der Waals surface area contributed by atoms with Crippen molar-refractivity contribution in [3.05, 3.63) is 153 Å². The van der Waals surface area contributed by atoms with E-state index in [4.69, 9.17) is 9.52 Å². The average Bonchev–Trinajstić information content (AvgIpc) is 3.35. The van der Waals surface area contributed by atoms with Crippen LogP contribution in [0.2, 0.25) is 0 Å². The number of hydrogen-bond donors (Lipinski definition) is 2. The molecule has 7 nitrogen and oxygen atoms in total. The topological polar surface area (TPSA) is 102 Å². The van der Waals surface area contributed by atoms with Gasteiger partial charge < -0.3 is 14.8 Å². The van der Waals surface area contributed by atoms with Crippen LogP contribution >= 0.6 is 0 Å². The summed E-state index contributed by atoms with van der Waals surface area (Å²) in [7, 11) is 0. The van der Waals surface area contributed by atoms with E-state index in [0.29, 0.717) is 11.1 Å². The first-order chi connectivity index (χ1) is 21.7. The molecule has 45 heavy (non-hydrogen) atoms. The second-order valence-corrected chi connectivity index (χ2v) is 10.3. The normalized spacial score (nSPS) is 11.1. The fourth-order valence-electron chi connectivity index (χ4n) is 5.03. The Morgan fingerprint density at radius 2 is 1.33 bits per heavy atom. The minimum Gasteiger partial charge on any atom is -0.478 e. The highest BCUT2D eigenvalue weighted by atomic mass is 19.2. The molecule has 0 atom stereocenters. The van der Waals surface area contributed by atoms with Crippen LogP contribution < -0.4 is 11.1 Å². The van der Waals surface area contributed by atoms with Crippen LogP contribution in [0.15, 0.2) is 112 Å². The molecule has 0 spiro atoms. The van der Waals surface area contributed by atoms with Crippen molar-refractivity contribution >= 4 is 23.0 Å². The predicted octanol–water partition coefficient (Wildman–Crippen LogP) is 7.02. The Morgan fingerprint density at radius 3 is 1.98 bits per heavy atom. The van der Waals surface area contributed by atoms with Crippen LogP contribution in [-0.2, 0) is 13.1 Å². The molecule has 224 valence electrons. The lowest BCUT2D eigenvalue weighted by Gasteiger charge is -2.12. The molecule has 0 aliphatic rings. The minimum atomic E-state index is -1.08. The van der Waals surface area contributed by atoms with E-state index in [9.17, 15) is 27.6 Å². The van der Waals surface area contributed by atoms with E-state index < -0.39 is 29.3 Å². The highest BCUT2D eigenvalue weighted by Gasteiger charge is 2.21. The first kappa shape index (κ1) is 29.2. The van der Waals surface area contributed by atoms with Crippen molar-refractivity contribution in [2.45, 2.75) is 13.1 Å². The summed E-state index contributed by atoms with van der Waals surface area (Å²) in [6.45, 7) is 0.0968. The van der Waals surface area contributed by atoms with Crippen LogP contribution in [0.5, 0.6) is 0 Å². The summed E-state index contributed by atoms with van der Waals surface area (Å²) in [5, 5.41) is 11.9. The summed E-state index contributed by atoms with van der Waals surface area (Å²) in [6, 6.07) is 25.6. The average molecular weight is 609 g/mol. The second kappa shape index (κ2) is 12.0. The van der Waals surface area contributed by atoms with Gasteiger partial charge in [-0.1, -0.05) is 54.6 Å². The number of carbonyl (C=O) groups excluding carboxylic acids is 1. The lowest BCUT2D eigenvalue weighted by Crippen LogP contribution is -2.24. The molecular formula is C35H23F3N2O5. The molecule has 0 radical (unpaired) electrons. The van der Waals surface area contributed by atoms with Gasteiger partial charge in [-0.15, -0.1) is 0 Å². The SMILES string of the molecule is O=C(O)c1ccc(CNC(=O)c2cc(-c3ccc(F)c(F)c3)cc3oc(=O)n(Cc4ccc(-c5ccc(F)cc5)cc4)c23)cc1. The molecule has 0 bridgehead atoms. The van der Waals surface area contributed by atoms with Crippen LogP contribution in [-0.4, -0.2) is 21.6 Å². The van der Waals surface area contributed by atoms with Crippen molar-refractivity contribution in [1.82, 2.24) is 9.88 Å². The van der Waals surface area contributed by atoms with Crippen LogP contribution in [0.3, 0.4) is 0 Å². The lowest BCUT2D eigenvalue weighted by atomic mass is 10.0. The zero-order chi connectivity index (χ0) is 31.7. The van der Waals surface area contributed by atoms with Gasteiger partial charge in [0.2, 0.25) is 0 Å². The Kier molecular flexibility index (Phi) is 7.78. The van der Waals surface area contributed by atoms with Crippen molar-refractivity contribution in [2.75, 3.05) is 0 Å². The molecule has 5 aromatic carbocycles. The number of rotatable bonds is 8. The number of hydrogen-bond acceptors (Lipinski definition) is 4. The van der Waals surface area contributed by atoms with Crippen molar-refractivity contribution in [3.63, 3.8) is 0 Å². The highest BCUT2D eigenvalue weighted by molar-refractivity contribution is 6.06. The van der Waals surface area contributed by atoms with Gasteiger partial charge in [0, 0.05) is 6.54 Å². The standard InChI is InChI=1S/C35H23F3N2O5/c36-27-12-9-23(10-13-27)22-5-3-21(4-6-22)19-40-32-28(33(41)39-18-20-1-7-24(8-2-20)34(42)43)15-26(17-31(32)45-35(40)44)25-11-14-29(37)30(38)16-25/h1-17H,18-19H2,(H,39,41)(H,42,43).